The zero-order valence-electron chi connectivity index (χ0n) is 16.7. The van der Waals surface area contributed by atoms with Gasteiger partial charge in [0.25, 0.3) is 5.91 Å². The molecule has 0 aromatic carbocycles. The van der Waals surface area contributed by atoms with Crippen LogP contribution in [0.25, 0.3) is 17.1 Å². The Kier molecular flexibility index (Phi) is 5.71. The van der Waals surface area contributed by atoms with Crippen LogP contribution in [0.2, 0.25) is 0 Å². The summed E-state index contributed by atoms with van der Waals surface area (Å²) in [6.07, 6.45) is 7.90. The molecule has 0 radical (unpaired) electrons. The number of nitrogens with zero attached hydrogens (tertiary/aromatic N) is 2. The van der Waals surface area contributed by atoms with E-state index in [0.717, 1.165) is 34.9 Å². The number of amides is 1. The summed E-state index contributed by atoms with van der Waals surface area (Å²) in [5.41, 5.74) is 2.61. The van der Waals surface area contributed by atoms with Gasteiger partial charge in [0.05, 0.1) is 0 Å². The standard InChI is InChI=1S/C21H25N5O.2ClH/c1-11-15-8-13(21(15,2)3)9-16(11)24-20-25-17(19(27)26-20)7-12-10-23-18-14(12)5-4-6-22-18;;/h4-7,10-11,13,15-16H,8-9H2,1-3H3,(H,22,23)(H2,24,25,26,27);2*1H/t11-,13?,15+,16+;;/m0../s1. The van der Waals surface area contributed by atoms with Gasteiger partial charge in [-0.25, -0.2) is 9.98 Å². The number of nitrogens with one attached hydrogen (secondary N) is 3. The van der Waals surface area contributed by atoms with E-state index in [1.54, 1.807) is 6.20 Å². The summed E-state index contributed by atoms with van der Waals surface area (Å²) in [4.78, 5) is 24.3. The second-order valence-corrected chi connectivity index (χ2v) is 8.79. The van der Waals surface area contributed by atoms with Gasteiger partial charge in [0.1, 0.15) is 11.3 Å². The van der Waals surface area contributed by atoms with Gasteiger partial charge in [-0.15, -0.1) is 24.8 Å². The Bertz CT molecular complexity index is 996. The summed E-state index contributed by atoms with van der Waals surface area (Å²) < 4.78 is 0. The van der Waals surface area contributed by atoms with Crippen molar-refractivity contribution in [3.05, 3.63) is 35.8 Å². The number of carbonyl (C=O) groups excluding carboxylic acids is 1. The van der Waals surface area contributed by atoms with Crippen molar-refractivity contribution >= 4 is 53.8 Å². The van der Waals surface area contributed by atoms with Crippen LogP contribution in [0.5, 0.6) is 0 Å². The third kappa shape index (κ3) is 3.42. The molecule has 1 amide bonds. The predicted octanol–water partition coefficient (Wildman–Crippen LogP) is 3.89. The fourth-order valence-corrected chi connectivity index (χ4v) is 5.30. The van der Waals surface area contributed by atoms with E-state index < -0.39 is 0 Å². The highest BCUT2D eigenvalue weighted by atomic mass is 35.5. The quantitative estimate of drug-likeness (QED) is 0.625. The molecule has 6 nitrogen and oxygen atoms in total. The molecule has 4 aliphatic rings. The molecular formula is C21H27Cl2N5O. The predicted molar refractivity (Wildman–Crippen MR) is 120 cm³/mol. The number of H-pyrrole nitrogens is 1. The summed E-state index contributed by atoms with van der Waals surface area (Å²) in [6, 6.07) is 4.25. The number of hydrogen-bond donors (Lipinski definition) is 3. The molecule has 6 rings (SSSR count). The van der Waals surface area contributed by atoms with Gasteiger partial charge < -0.3 is 10.3 Å². The maximum absolute atomic E-state index is 12.4. The van der Waals surface area contributed by atoms with Crippen LogP contribution in [0.1, 0.15) is 39.2 Å². The molecule has 3 heterocycles. The first-order valence-corrected chi connectivity index (χ1v) is 9.74. The lowest BCUT2D eigenvalue weighted by Gasteiger charge is -2.62. The number of halogens is 2. The van der Waals surface area contributed by atoms with Crippen LogP contribution in [0.4, 0.5) is 0 Å². The smallest absolute Gasteiger partial charge is 0.276 e. The molecule has 156 valence electrons. The van der Waals surface area contributed by atoms with Crippen LogP contribution < -0.4 is 10.6 Å². The normalized spacial score (nSPS) is 30.7. The van der Waals surface area contributed by atoms with Gasteiger partial charge in [0.2, 0.25) is 5.96 Å². The second kappa shape index (κ2) is 7.65. The number of guanidine groups is 1. The zero-order valence-corrected chi connectivity index (χ0v) is 18.4. The maximum atomic E-state index is 12.4. The number of hydrogen-bond acceptors (Lipinski definition) is 4. The van der Waals surface area contributed by atoms with Gasteiger partial charge >= 0.3 is 0 Å². The van der Waals surface area contributed by atoms with E-state index >= 15 is 0 Å². The van der Waals surface area contributed by atoms with Crippen molar-refractivity contribution < 1.29 is 4.79 Å². The summed E-state index contributed by atoms with van der Waals surface area (Å²) in [7, 11) is 0. The Balaban J connectivity index is 0.00000120. The van der Waals surface area contributed by atoms with Crippen molar-refractivity contribution in [2.45, 2.75) is 39.7 Å². The fraction of sp³-hybridized carbons (Fsp3) is 0.476. The largest absolute Gasteiger partial charge is 0.353 e. The van der Waals surface area contributed by atoms with Crippen LogP contribution in [0, 0.1) is 23.2 Å². The summed E-state index contributed by atoms with van der Waals surface area (Å²) in [6.45, 7) is 7.11. The Morgan fingerprint density at radius 3 is 2.79 bits per heavy atom. The van der Waals surface area contributed by atoms with Crippen molar-refractivity contribution in [2.24, 2.45) is 28.2 Å². The monoisotopic (exact) mass is 435 g/mol. The molecule has 3 fully saturated rings. The third-order valence-corrected chi connectivity index (χ3v) is 7.15. The molecule has 0 spiro atoms. The lowest BCUT2D eigenvalue weighted by Crippen LogP contribution is -2.61. The number of aliphatic imine (C=N–C) groups is 1. The first-order valence-electron chi connectivity index (χ1n) is 9.74. The summed E-state index contributed by atoms with van der Waals surface area (Å²) in [5, 5.41) is 7.37. The molecule has 4 atom stereocenters. The summed E-state index contributed by atoms with van der Waals surface area (Å²) in [5.74, 6) is 2.52. The van der Waals surface area contributed by atoms with Crippen LogP contribution in [-0.2, 0) is 4.79 Å². The minimum atomic E-state index is -0.162. The molecule has 29 heavy (non-hydrogen) atoms. The first-order chi connectivity index (χ1) is 12.9. The van der Waals surface area contributed by atoms with Gasteiger partial charge in [-0.3, -0.25) is 10.1 Å². The van der Waals surface area contributed by atoms with E-state index in [9.17, 15) is 4.79 Å². The van der Waals surface area contributed by atoms with E-state index in [1.165, 1.54) is 6.42 Å². The number of aromatic nitrogens is 2. The topological polar surface area (TPSA) is 82.2 Å². The molecule has 2 aromatic heterocycles. The molecule has 8 heteroatoms. The Morgan fingerprint density at radius 2 is 2.07 bits per heavy atom. The third-order valence-electron chi connectivity index (χ3n) is 7.15. The van der Waals surface area contributed by atoms with Crippen LogP contribution in [-0.4, -0.2) is 27.9 Å². The Morgan fingerprint density at radius 1 is 1.28 bits per heavy atom. The molecule has 1 unspecified atom stereocenters. The van der Waals surface area contributed by atoms with Gasteiger partial charge in [0, 0.05) is 29.4 Å². The van der Waals surface area contributed by atoms with Gasteiger partial charge in [-0.1, -0.05) is 20.8 Å². The van der Waals surface area contributed by atoms with Gasteiger partial charge in [-0.05, 0) is 54.2 Å². The van der Waals surface area contributed by atoms with Crippen molar-refractivity contribution in [1.82, 2.24) is 20.6 Å². The minimum absolute atomic E-state index is 0. The van der Waals surface area contributed by atoms with Gasteiger partial charge in [0.15, 0.2) is 0 Å². The molecular weight excluding hydrogens is 409 g/mol. The van der Waals surface area contributed by atoms with Gasteiger partial charge in [-0.2, -0.15) is 0 Å². The van der Waals surface area contributed by atoms with Crippen molar-refractivity contribution in [1.29, 1.82) is 0 Å². The SMILES string of the molecule is C[C@H]1[C@H]2CC(C[C@H]1NC1=NC(=Cc3c[nH]c4ncccc34)C(=O)N1)C2(C)C.Cl.Cl. The zero-order chi connectivity index (χ0) is 18.8. The van der Waals surface area contributed by atoms with E-state index in [4.69, 9.17) is 0 Å². The number of carbonyl (C=O) groups is 1. The fourth-order valence-electron chi connectivity index (χ4n) is 5.30. The average molecular weight is 436 g/mol. The van der Waals surface area contributed by atoms with Crippen molar-refractivity contribution in [3.8, 4) is 0 Å². The number of pyridine rings is 1. The lowest BCUT2D eigenvalue weighted by atomic mass is 9.45. The molecule has 3 aliphatic carbocycles. The highest BCUT2D eigenvalue weighted by molar-refractivity contribution is 6.14. The van der Waals surface area contributed by atoms with Crippen molar-refractivity contribution in [3.63, 3.8) is 0 Å². The van der Waals surface area contributed by atoms with E-state index in [2.05, 4.69) is 46.4 Å². The van der Waals surface area contributed by atoms with Crippen LogP contribution in [0.15, 0.2) is 35.2 Å². The van der Waals surface area contributed by atoms with E-state index in [-0.39, 0.29) is 30.7 Å². The molecule has 2 aromatic rings. The molecule has 1 aliphatic heterocycles. The van der Waals surface area contributed by atoms with E-state index in [0.29, 0.717) is 29.0 Å². The molecule has 3 saturated carbocycles. The van der Waals surface area contributed by atoms with Crippen molar-refractivity contribution in [2.75, 3.05) is 0 Å². The molecule has 3 N–H and O–H groups in total. The van der Waals surface area contributed by atoms with Crippen LogP contribution in [0.3, 0.4) is 0 Å². The average Bonchev–Trinajstić information content (AvgIpc) is 3.20. The van der Waals surface area contributed by atoms with Crippen LogP contribution >= 0.6 is 24.8 Å². The molecule has 2 bridgehead atoms. The Hall–Kier alpha value is -2.05. The summed E-state index contributed by atoms with van der Waals surface area (Å²) >= 11 is 0. The Labute approximate surface area is 182 Å². The highest BCUT2D eigenvalue weighted by Crippen LogP contribution is 2.61. The maximum Gasteiger partial charge on any atom is 0.276 e. The number of rotatable bonds is 2. The number of fused-ring (bicyclic) bond motifs is 3. The lowest BCUT2D eigenvalue weighted by molar-refractivity contribution is -0.116. The molecule has 0 saturated heterocycles. The van der Waals surface area contributed by atoms with E-state index in [1.807, 2.05) is 24.4 Å². The second-order valence-electron chi connectivity index (χ2n) is 8.79. The first kappa shape index (κ1) is 21.7. The highest BCUT2D eigenvalue weighted by Gasteiger charge is 2.56. The number of aromatic amines is 1. The minimum Gasteiger partial charge on any atom is -0.353 e.